The maximum Gasteiger partial charge on any atom is 0.129 e. The zero-order chi connectivity index (χ0) is 14.5. The van der Waals surface area contributed by atoms with Gasteiger partial charge in [-0.1, -0.05) is 11.6 Å². The topological polar surface area (TPSA) is 42.8 Å². The molecule has 20 heavy (non-hydrogen) atoms. The van der Waals surface area contributed by atoms with Crippen molar-refractivity contribution in [3.63, 3.8) is 0 Å². The number of nitrogens with zero attached hydrogens (tertiary/aromatic N) is 4. The number of piperazine rings is 1. The van der Waals surface area contributed by atoms with Gasteiger partial charge in [0.15, 0.2) is 0 Å². The normalized spacial score (nSPS) is 16.9. The number of aliphatic hydroxyl groups is 1. The van der Waals surface area contributed by atoms with Crippen LogP contribution in [-0.2, 0) is 6.61 Å². The summed E-state index contributed by atoms with van der Waals surface area (Å²) in [6.45, 7) is 6.11. The monoisotopic (exact) mass is 298 g/mol. The predicted molar refractivity (Wildman–Crippen MR) is 82.4 cm³/mol. The molecule has 0 atom stereocenters. The Morgan fingerprint density at radius 2 is 1.95 bits per heavy atom. The number of anilines is 1. The van der Waals surface area contributed by atoms with E-state index in [0.29, 0.717) is 10.7 Å². The van der Waals surface area contributed by atoms with Crippen LogP contribution in [0.15, 0.2) is 12.1 Å². The van der Waals surface area contributed by atoms with Gasteiger partial charge in [-0.2, -0.15) is 0 Å². The van der Waals surface area contributed by atoms with E-state index in [9.17, 15) is 5.11 Å². The summed E-state index contributed by atoms with van der Waals surface area (Å²) >= 11 is 5.98. The molecule has 5 nitrogen and oxygen atoms in total. The fourth-order valence-corrected chi connectivity index (χ4v) is 2.47. The van der Waals surface area contributed by atoms with Crippen LogP contribution >= 0.6 is 11.6 Å². The molecule has 1 fully saturated rings. The Bertz CT molecular complexity index is 433. The van der Waals surface area contributed by atoms with Gasteiger partial charge in [-0.05, 0) is 26.2 Å². The number of hydrogen-bond donors (Lipinski definition) is 1. The maximum absolute atomic E-state index is 9.23. The van der Waals surface area contributed by atoms with Gasteiger partial charge in [-0.15, -0.1) is 0 Å². The second-order valence-electron chi connectivity index (χ2n) is 5.39. The largest absolute Gasteiger partial charge is 0.390 e. The summed E-state index contributed by atoms with van der Waals surface area (Å²) < 4.78 is 0. The molecule has 112 valence electrons. The Labute approximate surface area is 125 Å². The Morgan fingerprint density at radius 3 is 2.55 bits per heavy atom. The fourth-order valence-electron chi connectivity index (χ4n) is 2.30. The maximum atomic E-state index is 9.23. The third-order valence-corrected chi connectivity index (χ3v) is 3.96. The molecular weight excluding hydrogens is 276 g/mol. The molecule has 0 amide bonds. The van der Waals surface area contributed by atoms with E-state index in [0.717, 1.165) is 45.1 Å². The van der Waals surface area contributed by atoms with E-state index in [1.165, 1.54) is 0 Å². The van der Waals surface area contributed by atoms with E-state index in [2.05, 4.69) is 33.8 Å². The Hall–Kier alpha value is -0.880. The molecule has 0 aromatic carbocycles. The van der Waals surface area contributed by atoms with E-state index in [1.54, 1.807) is 0 Å². The lowest BCUT2D eigenvalue weighted by Gasteiger charge is -2.36. The summed E-state index contributed by atoms with van der Waals surface area (Å²) in [5.74, 6) is 0.908. The van der Waals surface area contributed by atoms with Gasteiger partial charge < -0.3 is 14.9 Å². The van der Waals surface area contributed by atoms with Crippen LogP contribution < -0.4 is 4.90 Å². The van der Waals surface area contributed by atoms with Crippen molar-refractivity contribution in [3.05, 3.63) is 22.8 Å². The molecular formula is C14H23ClN4O. The third-order valence-electron chi connectivity index (χ3n) is 3.61. The number of rotatable bonds is 5. The lowest BCUT2D eigenvalue weighted by atomic mass is 10.3. The summed E-state index contributed by atoms with van der Waals surface area (Å²) in [4.78, 5) is 11.4. The van der Waals surface area contributed by atoms with Gasteiger partial charge in [-0.25, -0.2) is 4.98 Å². The zero-order valence-electron chi connectivity index (χ0n) is 12.2. The van der Waals surface area contributed by atoms with Crippen molar-refractivity contribution in [2.24, 2.45) is 0 Å². The smallest absolute Gasteiger partial charge is 0.129 e. The van der Waals surface area contributed by atoms with Crippen LogP contribution in [0.25, 0.3) is 0 Å². The molecule has 1 aliphatic heterocycles. The predicted octanol–water partition coefficient (Wildman–Crippen LogP) is 0.911. The highest BCUT2D eigenvalue weighted by atomic mass is 35.5. The summed E-state index contributed by atoms with van der Waals surface area (Å²) in [6, 6.07) is 3.74. The van der Waals surface area contributed by atoms with Crippen LogP contribution in [0.3, 0.4) is 0 Å². The third kappa shape index (κ3) is 4.06. The van der Waals surface area contributed by atoms with Gasteiger partial charge in [-0.3, -0.25) is 4.90 Å². The summed E-state index contributed by atoms with van der Waals surface area (Å²) in [6.07, 6.45) is 0. The molecule has 1 aromatic rings. The minimum absolute atomic E-state index is 0.116. The Balaban J connectivity index is 1.90. The molecule has 2 heterocycles. The standard InChI is InChI=1S/C14H23ClN4O/c1-17(2)5-6-18-7-9-19(10-8-18)14-4-3-12(15)13(11-20)16-14/h3-4,20H,5-11H2,1-2H3. The number of likely N-dealkylation sites (N-methyl/N-ethyl adjacent to an activating group) is 1. The molecule has 1 aromatic heterocycles. The molecule has 6 heteroatoms. The van der Waals surface area contributed by atoms with Crippen molar-refractivity contribution in [1.82, 2.24) is 14.8 Å². The molecule has 1 saturated heterocycles. The molecule has 0 spiro atoms. The molecule has 0 unspecified atom stereocenters. The lowest BCUT2D eigenvalue weighted by Crippen LogP contribution is -2.48. The molecule has 1 aliphatic rings. The van der Waals surface area contributed by atoms with Crippen LogP contribution in [0.1, 0.15) is 5.69 Å². The first-order valence-corrected chi connectivity index (χ1v) is 7.36. The van der Waals surface area contributed by atoms with Crippen LogP contribution in [0.4, 0.5) is 5.82 Å². The molecule has 0 aliphatic carbocycles. The van der Waals surface area contributed by atoms with Crippen LogP contribution in [0.2, 0.25) is 5.02 Å². The molecule has 2 rings (SSSR count). The van der Waals surface area contributed by atoms with E-state index in [1.807, 2.05) is 12.1 Å². The zero-order valence-corrected chi connectivity index (χ0v) is 13.0. The Kier molecular flexibility index (Phi) is 5.60. The van der Waals surface area contributed by atoms with Crippen LogP contribution in [0.5, 0.6) is 0 Å². The van der Waals surface area contributed by atoms with Gasteiger partial charge in [0, 0.05) is 39.3 Å². The summed E-state index contributed by atoms with van der Waals surface area (Å²) in [5, 5.41) is 9.76. The summed E-state index contributed by atoms with van der Waals surface area (Å²) in [7, 11) is 4.20. The first kappa shape index (κ1) is 15.5. The van der Waals surface area contributed by atoms with Gasteiger partial charge in [0.05, 0.1) is 17.3 Å². The van der Waals surface area contributed by atoms with Gasteiger partial charge in [0.1, 0.15) is 5.82 Å². The number of aliphatic hydroxyl groups excluding tert-OH is 1. The second kappa shape index (κ2) is 7.22. The first-order chi connectivity index (χ1) is 9.60. The number of pyridine rings is 1. The number of aromatic nitrogens is 1. The molecule has 0 radical (unpaired) electrons. The van der Waals surface area contributed by atoms with Crippen molar-refractivity contribution < 1.29 is 5.11 Å². The molecule has 0 saturated carbocycles. The molecule has 0 bridgehead atoms. The summed E-state index contributed by atoms with van der Waals surface area (Å²) in [5.41, 5.74) is 0.555. The highest BCUT2D eigenvalue weighted by molar-refractivity contribution is 6.31. The van der Waals surface area contributed by atoms with E-state index in [4.69, 9.17) is 11.6 Å². The fraction of sp³-hybridized carbons (Fsp3) is 0.643. The van der Waals surface area contributed by atoms with Crippen LogP contribution in [0, 0.1) is 0 Å². The van der Waals surface area contributed by atoms with Gasteiger partial charge in [0.25, 0.3) is 0 Å². The molecule has 1 N–H and O–H groups in total. The SMILES string of the molecule is CN(C)CCN1CCN(c2ccc(Cl)c(CO)n2)CC1. The minimum atomic E-state index is -0.116. The quantitative estimate of drug-likeness (QED) is 0.875. The van der Waals surface area contributed by atoms with E-state index >= 15 is 0 Å². The first-order valence-electron chi connectivity index (χ1n) is 6.98. The second-order valence-corrected chi connectivity index (χ2v) is 5.80. The number of halogens is 1. The average molecular weight is 299 g/mol. The highest BCUT2D eigenvalue weighted by Gasteiger charge is 2.18. The van der Waals surface area contributed by atoms with Crippen molar-refractivity contribution in [3.8, 4) is 0 Å². The Morgan fingerprint density at radius 1 is 1.25 bits per heavy atom. The van der Waals surface area contributed by atoms with Crippen molar-refractivity contribution >= 4 is 17.4 Å². The van der Waals surface area contributed by atoms with Crippen molar-refractivity contribution in [1.29, 1.82) is 0 Å². The van der Waals surface area contributed by atoms with E-state index in [-0.39, 0.29) is 6.61 Å². The average Bonchev–Trinajstić information content (AvgIpc) is 2.46. The number of hydrogen-bond acceptors (Lipinski definition) is 5. The lowest BCUT2D eigenvalue weighted by molar-refractivity contribution is 0.229. The van der Waals surface area contributed by atoms with Gasteiger partial charge >= 0.3 is 0 Å². The van der Waals surface area contributed by atoms with Crippen molar-refractivity contribution in [2.45, 2.75) is 6.61 Å². The van der Waals surface area contributed by atoms with E-state index < -0.39 is 0 Å². The van der Waals surface area contributed by atoms with Gasteiger partial charge in [0.2, 0.25) is 0 Å². The van der Waals surface area contributed by atoms with Crippen molar-refractivity contribution in [2.75, 3.05) is 58.3 Å². The highest BCUT2D eigenvalue weighted by Crippen LogP contribution is 2.20. The van der Waals surface area contributed by atoms with Crippen LogP contribution in [-0.4, -0.2) is 73.3 Å². The minimum Gasteiger partial charge on any atom is -0.390 e.